The van der Waals surface area contributed by atoms with Gasteiger partial charge in [-0.15, -0.1) is 0 Å². The summed E-state index contributed by atoms with van der Waals surface area (Å²) in [6.45, 7) is 0. The molecule has 0 amide bonds. The van der Waals surface area contributed by atoms with Gasteiger partial charge in [0.05, 0.1) is 11.0 Å². The molecule has 0 aliphatic heterocycles. The third-order valence-electron chi connectivity index (χ3n) is 5.19. The summed E-state index contributed by atoms with van der Waals surface area (Å²) >= 11 is 0. The van der Waals surface area contributed by atoms with E-state index >= 15 is 0 Å². The van der Waals surface area contributed by atoms with Gasteiger partial charge in [-0.1, -0.05) is 18.2 Å². The molecule has 158 valence electrons. The molecule has 0 aliphatic rings. The van der Waals surface area contributed by atoms with E-state index in [1.54, 1.807) is 0 Å². The highest BCUT2D eigenvalue weighted by molar-refractivity contribution is 5.99. The molecule has 0 atom stereocenters. The number of anilines is 2. The summed E-state index contributed by atoms with van der Waals surface area (Å²) in [6, 6.07) is 19.6. The Morgan fingerprint density at radius 3 is 2.22 bits per heavy atom. The fraction of sp³-hybridized carbons (Fsp3) is 0. The summed E-state index contributed by atoms with van der Waals surface area (Å²) < 4.78 is 0. The summed E-state index contributed by atoms with van der Waals surface area (Å²) in [5, 5.41) is 21.4. The zero-order valence-electron chi connectivity index (χ0n) is 17.0. The van der Waals surface area contributed by atoms with Crippen LogP contribution >= 0.6 is 0 Å². The van der Waals surface area contributed by atoms with Crippen LogP contribution < -0.4 is 22.1 Å². The molecule has 3 aromatic carbocycles. The Morgan fingerprint density at radius 1 is 0.781 bits per heavy atom. The smallest absolute Gasteiger partial charge is 0.190 e. The molecule has 0 fully saturated rings. The molecule has 2 aromatic heterocycles. The van der Waals surface area contributed by atoms with Gasteiger partial charge in [0.2, 0.25) is 0 Å². The first-order valence-corrected chi connectivity index (χ1v) is 9.90. The van der Waals surface area contributed by atoms with Gasteiger partial charge in [-0.2, -0.15) is 0 Å². The van der Waals surface area contributed by atoms with E-state index in [9.17, 15) is 0 Å². The number of rotatable bonds is 4. The number of imidazole rings is 1. The fourth-order valence-corrected chi connectivity index (χ4v) is 3.77. The average Bonchev–Trinajstić information content (AvgIpc) is 3.36. The second-order valence-electron chi connectivity index (χ2n) is 7.43. The van der Waals surface area contributed by atoms with Crippen LogP contribution in [0.5, 0.6) is 0 Å². The van der Waals surface area contributed by atoms with Gasteiger partial charge >= 0.3 is 0 Å². The van der Waals surface area contributed by atoms with Crippen molar-refractivity contribution in [3.05, 3.63) is 66.9 Å². The number of aromatic nitrogens is 3. The first-order valence-electron chi connectivity index (χ1n) is 9.90. The summed E-state index contributed by atoms with van der Waals surface area (Å²) in [7, 11) is 0. The quantitative estimate of drug-likeness (QED) is 0.161. The van der Waals surface area contributed by atoms with Gasteiger partial charge in [0.25, 0.3) is 0 Å². The Labute approximate surface area is 182 Å². The number of H-pyrrole nitrogens is 2. The lowest BCUT2D eigenvalue weighted by atomic mass is 10.0. The number of hydrogen-bond acceptors (Lipinski definition) is 3. The van der Waals surface area contributed by atoms with E-state index in [2.05, 4.69) is 32.7 Å². The second-order valence-corrected chi connectivity index (χ2v) is 7.43. The van der Waals surface area contributed by atoms with Gasteiger partial charge in [-0.05, 0) is 53.6 Å². The van der Waals surface area contributed by atoms with Crippen LogP contribution in [0.3, 0.4) is 0 Å². The fourth-order valence-electron chi connectivity index (χ4n) is 3.77. The van der Waals surface area contributed by atoms with E-state index in [0.717, 1.165) is 55.8 Å². The van der Waals surface area contributed by atoms with Crippen molar-refractivity contribution in [3.8, 4) is 22.5 Å². The van der Waals surface area contributed by atoms with Gasteiger partial charge < -0.3 is 32.1 Å². The Hall–Kier alpha value is -4.79. The summed E-state index contributed by atoms with van der Waals surface area (Å²) in [4.78, 5) is 11.4. The van der Waals surface area contributed by atoms with Crippen molar-refractivity contribution < 1.29 is 0 Å². The van der Waals surface area contributed by atoms with Crippen molar-refractivity contribution in [2.45, 2.75) is 0 Å². The number of benzene rings is 3. The highest BCUT2D eigenvalue weighted by Crippen LogP contribution is 2.32. The number of nitrogens with two attached hydrogens (primary N) is 2. The Balaban J connectivity index is 1.52. The van der Waals surface area contributed by atoms with E-state index in [-0.39, 0.29) is 11.9 Å². The maximum absolute atomic E-state index is 7.40. The van der Waals surface area contributed by atoms with Crippen LogP contribution in [-0.2, 0) is 0 Å². The van der Waals surface area contributed by atoms with Crippen molar-refractivity contribution in [2.24, 2.45) is 11.5 Å². The molecular weight excluding hydrogens is 402 g/mol. The van der Waals surface area contributed by atoms with Crippen molar-refractivity contribution in [2.75, 3.05) is 10.6 Å². The Bertz CT molecular complexity index is 1470. The Kier molecular flexibility index (Phi) is 4.48. The number of guanidine groups is 2. The SMILES string of the molecule is N=C(N)Nc1ccc(-c2ccc3[nH]cc(-c4nc5ccc(NC(=N)N)cc5[nH]4)c3c2)cc1. The summed E-state index contributed by atoms with van der Waals surface area (Å²) in [5.41, 5.74) is 18.1. The van der Waals surface area contributed by atoms with Crippen LogP contribution in [0.15, 0.2) is 66.9 Å². The summed E-state index contributed by atoms with van der Waals surface area (Å²) in [6.07, 6.45) is 1.95. The van der Waals surface area contributed by atoms with Crippen molar-refractivity contribution in [1.29, 1.82) is 10.8 Å². The minimum absolute atomic E-state index is 0.0915. The lowest BCUT2D eigenvalue weighted by molar-refractivity contribution is 1.34. The highest BCUT2D eigenvalue weighted by atomic mass is 15.0. The maximum Gasteiger partial charge on any atom is 0.190 e. The molecule has 2 heterocycles. The molecule has 0 radical (unpaired) electrons. The van der Waals surface area contributed by atoms with E-state index in [4.69, 9.17) is 27.3 Å². The molecule has 0 bridgehead atoms. The molecule has 9 heteroatoms. The number of nitrogens with one attached hydrogen (secondary N) is 6. The topological polar surface area (TPSA) is 168 Å². The van der Waals surface area contributed by atoms with Gasteiger partial charge in [0.15, 0.2) is 11.9 Å². The van der Waals surface area contributed by atoms with Crippen molar-refractivity contribution in [1.82, 2.24) is 15.0 Å². The lowest BCUT2D eigenvalue weighted by Crippen LogP contribution is -2.20. The van der Waals surface area contributed by atoms with E-state index < -0.39 is 0 Å². The standard InChI is InChI=1S/C23H21N9/c24-22(25)29-14-4-1-12(2-5-14)13-3-7-18-16(9-13)17(11-28-18)21-31-19-8-6-15(30-23(26)27)10-20(19)32-21/h1-11,28H,(H,31,32)(H4,24,25,29)(H4,26,27,30). The van der Waals surface area contributed by atoms with E-state index in [1.165, 1.54) is 0 Å². The molecule has 0 saturated carbocycles. The van der Waals surface area contributed by atoms with Crippen LogP contribution in [0.25, 0.3) is 44.5 Å². The van der Waals surface area contributed by atoms with Gasteiger partial charge in [-0.3, -0.25) is 10.8 Å². The predicted octanol–water partition coefficient (Wildman–Crippen LogP) is 3.99. The van der Waals surface area contributed by atoms with Crippen LogP contribution in [0.4, 0.5) is 11.4 Å². The first-order chi connectivity index (χ1) is 15.5. The molecule has 0 aliphatic carbocycles. The zero-order chi connectivity index (χ0) is 22.2. The maximum atomic E-state index is 7.40. The molecule has 32 heavy (non-hydrogen) atoms. The van der Waals surface area contributed by atoms with Gasteiger partial charge in [0, 0.05) is 34.0 Å². The number of hydrogen-bond donors (Lipinski definition) is 8. The van der Waals surface area contributed by atoms with Crippen molar-refractivity contribution >= 4 is 45.2 Å². The van der Waals surface area contributed by atoms with E-state index in [1.807, 2.05) is 54.7 Å². The third-order valence-corrected chi connectivity index (χ3v) is 5.19. The second kappa shape index (κ2) is 7.47. The van der Waals surface area contributed by atoms with Crippen LogP contribution in [0.1, 0.15) is 0 Å². The number of aromatic amines is 2. The van der Waals surface area contributed by atoms with Crippen LogP contribution in [-0.4, -0.2) is 26.9 Å². The van der Waals surface area contributed by atoms with Crippen molar-refractivity contribution in [3.63, 3.8) is 0 Å². The molecule has 0 unspecified atom stereocenters. The number of nitrogens with zero attached hydrogens (tertiary/aromatic N) is 1. The largest absolute Gasteiger partial charge is 0.370 e. The first kappa shape index (κ1) is 19.2. The molecule has 5 rings (SSSR count). The molecule has 0 saturated heterocycles. The third kappa shape index (κ3) is 3.58. The van der Waals surface area contributed by atoms with E-state index in [0.29, 0.717) is 0 Å². The minimum Gasteiger partial charge on any atom is -0.370 e. The Morgan fingerprint density at radius 2 is 1.47 bits per heavy atom. The van der Waals surface area contributed by atoms with Crippen LogP contribution in [0.2, 0.25) is 0 Å². The highest BCUT2D eigenvalue weighted by Gasteiger charge is 2.12. The normalized spacial score (nSPS) is 11.0. The predicted molar refractivity (Wildman–Crippen MR) is 130 cm³/mol. The average molecular weight is 423 g/mol. The lowest BCUT2D eigenvalue weighted by Gasteiger charge is -2.06. The number of fused-ring (bicyclic) bond motifs is 2. The monoisotopic (exact) mass is 423 g/mol. The van der Waals surface area contributed by atoms with Gasteiger partial charge in [-0.25, -0.2) is 4.98 Å². The molecular formula is C23H21N9. The molecule has 9 nitrogen and oxygen atoms in total. The van der Waals surface area contributed by atoms with Gasteiger partial charge in [0.1, 0.15) is 5.82 Å². The summed E-state index contributed by atoms with van der Waals surface area (Å²) in [5.74, 6) is 0.550. The molecule has 0 spiro atoms. The minimum atomic E-state index is -0.113. The van der Waals surface area contributed by atoms with Crippen LogP contribution in [0, 0.1) is 10.8 Å². The molecule has 10 N–H and O–H groups in total. The zero-order valence-corrected chi connectivity index (χ0v) is 17.0. The molecule has 5 aromatic rings.